The molecule has 32 heavy (non-hydrogen) atoms. The Morgan fingerprint density at radius 3 is 1.94 bits per heavy atom. The third kappa shape index (κ3) is 5.61. The van der Waals surface area contributed by atoms with Crippen molar-refractivity contribution < 1.29 is 8.78 Å². The second-order valence-corrected chi connectivity index (χ2v) is 10.7. The topological polar surface area (TPSA) is 0 Å². The van der Waals surface area contributed by atoms with E-state index in [1.807, 2.05) is 6.92 Å². The number of rotatable bonds is 7. The van der Waals surface area contributed by atoms with Crippen molar-refractivity contribution in [3.05, 3.63) is 70.8 Å². The van der Waals surface area contributed by atoms with Gasteiger partial charge >= 0.3 is 0 Å². The number of hydrogen-bond acceptors (Lipinski definition) is 0. The molecule has 2 heteroatoms. The average Bonchev–Trinajstić information content (AvgIpc) is 2.82. The van der Waals surface area contributed by atoms with Crippen LogP contribution in [0.2, 0.25) is 0 Å². The van der Waals surface area contributed by atoms with Crippen molar-refractivity contribution in [2.75, 3.05) is 0 Å². The molecule has 1 atom stereocenters. The fourth-order valence-electron chi connectivity index (χ4n) is 6.58. The molecule has 0 aromatic heterocycles. The minimum Gasteiger partial charge on any atom is -0.207 e. The van der Waals surface area contributed by atoms with E-state index in [-0.39, 0.29) is 17.2 Å². The Morgan fingerprint density at radius 1 is 0.812 bits per heavy atom. The first-order valence-corrected chi connectivity index (χ1v) is 13.1. The van der Waals surface area contributed by atoms with Crippen LogP contribution < -0.4 is 0 Å². The second kappa shape index (κ2) is 10.9. The lowest BCUT2D eigenvalue weighted by molar-refractivity contribution is 0.154. The van der Waals surface area contributed by atoms with E-state index < -0.39 is 0 Å². The summed E-state index contributed by atoms with van der Waals surface area (Å²) in [6, 6.07) is 14.2. The van der Waals surface area contributed by atoms with Crippen molar-refractivity contribution >= 4 is 0 Å². The van der Waals surface area contributed by atoms with Crippen LogP contribution in [0, 0.1) is 29.4 Å². The highest BCUT2D eigenvalue weighted by molar-refractivity contribution is 5.29. The Labute approximate surface area is 193 Å². The summed E-state index contributed by atoms with van der Waals surface area (Å²) in [4.78, 5) is 0. The van der Waals surface area contributed by atoms with E-state index in [1.54, 1.807) is 12.1 Å². The van der Waals surface area contributed by atoms with Crippen LogP contribution in [0.15, 0.2) is 42.5 Å². The van der Waals surface area contributed by atoms with Gasteiger partial charge in [-0.25, -0.2) is 8.78 Å². The highest BCUT2D eigenvalue weighted by atomic mass is 19.1. The van der Waals surface area contributed by atoms with Crippen molar-refractivity contribution in [1.29, 1.82) is 0 Å². The van der Waals surface area contributed by atoms with E-state index in [1.165, 1.54) is 50.5 Å². The van der Waals surface area contributed by atoms with Gasteiger partial charge in [0.2, 0.25) is 0 Å². The lowest BCUT2D eigenvalue weighted by atomic mass is 9.67. The highest BCUT2D eigenvalue weighted by Crippen LogP contribution is 2.45. The fraction of sp³-hybridized carbons (Fsp3) is 0.600. The van der Waals surface area contributed by atoms with Crippen molar-refractivity contribution in [3.63, 3.8) is 0 Å². The van der Waals surface area contributed by atoms with Gasteiger partial charge in [-0.2, -0.15) is 0 Å². The summed E-state index contributed by atoms with van der Waals surface area (Å²) in [5, 5.41) is 0. The van der Waals surface area contributed by atoms with E-state index in [2.05, 4.69) is 37.3 Å². The molecule has 0 amide bonds. The molecule has 2 aliphatic rings. The van der Waals surface area contributed by atoms with Crippen LogP contribution in [-0.2, 0) is 6.42 Å². The quantitative estimate of drug-likeness (QED) is 0.404. The van der Waals surface area contributed by atoms with Gasteiger partial charge < -0.3 is 0 Å². The summed E-state index contributed by atoms with van der Waals surface area (Å²) in [6.07, 6.45) is 12.7. The summed E-state index contributed by atoms with van der Waals surface area (Å²) in [5.74, 6) is 2.84. The molecule has 2 aromatic rings. The van der Waals surface area contributed by atoms with Crippen LogP contribution in [0.4, 0.5) is 8.78 Å². The smallest absolute Gasteiger partial charge is 0.129 e. The van der Waals surface area contributed by atoms with E-state index in [0.29, 0.717) is 18.3 Å². The Hall–Kier alpha value is -1.70. The molecule has 2 aromatic carbocycles. The third-order valence-electron chi connectivity index (χ3n) is 8.52. The molecule has 0 nitrogen and oxygen atoms in total. The zero-order valence-electron chi connectivity index (χ0n) is 20.0. The SMILES string of the molecule is CCCc1c(F)cc(C2CCC(C3CCC(C[C@@H](C)c4ccccc4)CC3)CC2)cc1F. The van der Waals surface area contributed by atoms with E-state index in [0.717, 1.165) is 42.6 Å². The van der Waals surface area contributed by atoms with Gasteiger partial charge in [0.05, 0.1) is 0 Å². The lowest BCUT2D eigenvalue weighted by Crippen LogP contribution is -2.26. The molecular formula is C30H40F2. The van der Waals surface area contributed by atoms with Gasteiger partial charge in [0.1, 0.15) is 11.6 Å². The van der Waals surface area contributed by atoms with Gasteiger partial charge in [-0.3, -0.25) is 0 Å². The van der Waals surface area contributed by atoms with Gasteiger partial charge in [-0.05, 0) is 104 Å². The Morgan fingerprint density at radius 2 is 1.38 bits per heavy atom. The zero-order chi connectivity index (χ0) is 22.5. The Kier molecular flexibility index (Phi) is 8.02. The summed E-state index contributed by atoms with van der Waals surface area (Å²) in [5.41, 5.74) is 2.63. The van der Waals surface area contributed by atoms with Gasteiger partial charge in [0, 0.05) is 5.56 Å². The molecule has 2 aliphatic carbocycles. The minimum atomic E-state index is -0.341. The monoisotopic (exact) mass is 438 g/mol. The minimum absolute atomic E-state index is 0.267. The molecule has 0 N–H and O–H groups in total. The zero-order valence-corrected chi connectivity index (χ0v) is 20.0. The molecule has 0 saturated heterocycles. The lowest BCUT2D eigenvalue weighted by Gasteiger charge is -2.38. The maximum atomic E-state index is 14.4. The van der Waals surface area contributed by atoms with Crippen molar-refractivity contribution in [2.24, 2.45) is 17.8 Å². The largest absolute Gasteiger partial charge is 0.207 e. The summed E-state index contributed by atoms with van der Waals surface area (Å²) < 4.78 is 28.8. The average molecular weight is 439 g/mol. The van der Waals surface area contributed by atoms with Crippen molar-refractivity contribution in [3.8, 4) is 0 Å². The van der Waals surface area contributed by atoms with Crippen LogP contribution in [0.3, 0.4) is 0 Å². The van der Waals surface area contributed by atoms with Crippen molar-refractivity contribution in [2.45, 2.75) is 96.3 Å². The van der Waals surface area contributed by atoms with Crippen LogP contribution in [-0.4, -0.2) is 0 Å². The summed E-state index contributed by atoms with van der Waals surface area (Å²) in [7, 11) is 0. The number of halogens is 2. The predicted molar refractivity (Wildman–Crippen MR) is 130 cm³/mol. The summed E-state index contributed by atoms with van der Waals surface area (Å²) >= 11 is 0. The highest BCUT2D eigenvalue weighted by Gasteiger charge is 2.32. The summed E-state index contributed by atoms with van der Waals surface area (Å²) in [6.45, 7) is 4.34. The molecule has 0 bridgehead atoms. The van der Waals surface area contributed by atoms with Crippen LogP contribution >= 0.6 is 0 Å². The molecule has 0 heterocycles. The van der Waals surface area contributed by atoms with Gasteiger partial charge in [0.15, 0.2) is 0 Å². The van der Waals surface area contributed by atoms with Gasteiger partial charge in [-0.15, -0.1) is 0 Å². The van der Waals surface area contributed by atoms with E-state index in [4.69, 9.17) is 0 Å². The molecule has 0 spiro atoms. The maximum Gasteiger partial charge on any atom is 0.129 e. The molecule has 2 saturated carbocycles. The van der Waals surface area contributed by atoms with Gasteiger partial charge in [0.25, 0.3) is 0 Å². The Balaban J connectivity index is 1.25. The molecule has 174 valence electrons. The van der Waals surface area contributed by atoms with Crippen LogP contribution in [0.1, 0.15) is 107 Å². The molecule has 0 aliphatic heterocycles. The Bertz CT molecular complexity index is 819. The normalized spacial score (nSPS) is 27.2. The van der Waals surface area contributed by atoms with Gasteiger partial charge in [-0.1, -0.05) is 63.4 Å². The predicted octanol–water partition coefficient (Wildman–Crippen LogP) is 9.19. The van der Waals surface area contributed by atoms with E-state index in [9.17, 15) is 8.78 Å². The first-order valence-electron chi connectivity index (χ1n) is 13.1. The number of benzene rings is 2. The van der Waals surface area contributed by atoms with E-state index >= 15 is 0 Å². The molecule has 0 unspecified atom stereocenters. The third-order valence-corrected chi connectivity index (χ3v) is 8.52. The molecule has 4 rings (SSSR count). The maximum absolute atomic E-state index is 14.4. The van der Waals surface area contributed by atoms with Crippen LogP contribution in [0.5, 0.6) is 0 Å². The fourth-order valence-corrected chi connectivity index (χ4v) is 6.58. The standard InChI is InChI=1S/C30H40F2/c1-3-7-28-29(31)19-27(20-30(28)32)26-16-14-25(15-17-26)24-12-10-22(11-13-24)18-21(2)23-8-5-4-6-9-23/h4-6,8-9,19-22,24-26H,3,7,10-18H2,1-2H3/t21-,22?,24?,25?,26?/m1/s1. The first kappa shape index (κ1) is 23.5. The molecule has 2 fully saturated rings. The molecule has 0 radical (unpaired) electrons. The molecular weight excluding hydrogens is 398 g/mol. The number of hydrogen-bond donors (Lipinski definition) is 0. The second-order valence-electron chi connectivity index (χ2n) is 10.7. The van der Waals surface area contributed by atoms with Crippen LogP contribution in [0.25, 0.3) is 0 Å². The first-order chi connectivity index (χ1) is 15.5. The van der Waals surface area contributed by atoms with Crippen molar-refractivity contribution in [1.82, 2.24) is 0 Å².